The number of carbonyl (C=O) groups excluding carboxylic acids is 1. The monoisotopic (exact) mass is 526 g/mol. The number of hydrogen-bond acceptors (Lipinski definition) is 5. The van der Waals surface area contributed by atoms with E-state index in [2.05, 4.69) is 27.9 Å². The van der Waals surface area contributed by atoms with Gasteiger partial charge < -0.3 is 10.1 Å². The topological polar surface area (TPSA) is 75.7 Å². The number of rotatable bonds is 4. The van der Waals surface area contributed by atoms with Crippen molar-refractivity contribution in [3.05, 3.63) is 59.2 Å². The standard InChI is InChI=1S/C21H23IN2O4S/c1-13-3-6-15(7-4-13)29(26,27)24-18-8-5-14(21(25)28-2)11-17(18)20-16(9-10-23-20)19(24)12-22/h3-8,11,16,19-20,23H,9-10,12H2,1-2H3/t16-,19-,20-/m1/s1. The molecule has 3 atom stereocenters. The van der Waals surface area contributed by atoms with Crippen LogP contribution in [0.3, 0.4) is 0 Å². The molecule has 1 fully saturated rings. The van der Waals surface area contributed by atoms with E-state index in [0.29, 0.717) is 15.7 Å². The summed E-state index contributed by atoms with van der Waals surface area (Å²) >= 11 is 2.28. The lowest BCUT2D eigenvalue weighted by Crippen LogP contribution is -2.51. The number of ether oxygens (including phenoxy) is 1. The van der Waals surface area contributed by atoms with Crippen molar-refractivity contribution in [3.8, 4) is 0 Å². The fraction of sp³-hybridized carbons (Fsp3) is 0.381. The van der Waals surface area contributed by atoms with E-state index >= 15 is 0 Å². The quantitative estimate of drug-likeness (QED) is 0.376. The van der Waals surface area contributed by atoms with E-state index in [1.165, 1.54) is 7.11 Å². The second kappa shape index (κ2) is 7.88. The van der Waals surface area contributed by atoms with Gasteiger partial charge in [0.2, 0.25) is 0 Å². The minimum atomic E-state index is -3.75. The van der Waals surface area contributed by atoms with Crippen LogP contribution in [-0.4, -0.2) is 38.5 Å². The van der Waals surface area contributed by atoms with Crippen LogP contribution in [0.5, 0.6) is 0 Å². The minimum absolute atomic E-state index is 0.0267. The van der Waals surface area contributed by atoms with Crippen molar-refractivity contribution in [2.75, 3.05) is 22.4 Å². The summed E-state index contributed by atoms with van der Waals surface area (Å²) in [7, 11) is -2.40. The molecule has 1 N–H and O–H groups in total. The number of anilines is 1. The molecule has 2 aliphatic heterocycles. The first kappa shape index (κ1) is 20.6. The van der Waals surface area contributed by atoms with Gasteiger partial charge in [0.25, 0.3) is 10.0 Å². The zero-order valence-electron chi connectivity index (χ0n) is 16.3. The Balaban J connectivity index is 1.90. The van der Waals surface area contributed by atoms with Gasteiger partial charge in [0.1, 0.15) is 0 Å². The molecule has 0 unspecified atom stereocenters. The van der Waals surface area contributed by atoms with E-state index in [-0.39, 0.29) is 22.9 Å². The molecule has 0 spiro atoms. The number of alkyl halides is 1. The van der Waals surface area contributed by atoms with Gasteiger partial charge in [0, 0.05) is 16.4 Å². The smallest absolute Gasteiger partial charge is 0.337 e. The molecule has 0 bridgehead atoms. The zero-order valence-corrected chi connectivity index (χ0v) is 19.2. The Morgan fingerprint density at radius 1 is 1.24 bits per heavy atom. The molecule has 4 rings (SSSR count). The van der Waals surface area contributed by atoms with Crippen LogP contribution in [0.2, 0.25) is 0 Å². The van der Waals surface area contributed by atoms with E-state index < -0.39 is 16.0 Å². The summed E-state index contributed by atoms with van der Waals surface area (Å²) < 4.78 is 34.5. The van der Waals surface area contributed by atoms with Crippen molar-refractivity contribution >= 4 is 44.3 Å². The second-order valence-corrected chi connectivity index (χ2v) is 10.2. The number of benzene rings is 2. The number of esters is 1. The molecule has 0 aliphatic carbocycles. The van der Waals surface area contributed by atoms with Gasteiger partial charge in [-0.2, -0.15) is 0 Å². The lowest BCUT2D eigenvalue weighted by atomic mass is 9.83. The first-order valence-electron chi connectivity index (χ1n) is 9.51. The molecule has 2 heterocycles. The Hall–Kier alpha value is -1.65. The van der Waals surface area contributed by atoms with Crippen molar-refractivity contribution in [1.29, 1.82) is 0 Å². The average molecular weight is 526 g/mol. The van der Waals surface area contributed by atoms with Gasteiger partial charge in [0.05, 0.1) is 29.3 Å². The molecule has 1 saturated heterocycles. The fourth-order valence-corrected chi connectivity index (χ4v) is 7.42. The van der Waals surface area contributed by atoms with Gasteiger partial charge in [-0.05, 0) is 55.8 Å². The van der Waals surface area contributed by atoms with Crippen LogP contribution in [-0.2, 0) is 14.8 Å². The SMILES string of the molecule is COC(=O)c1ccc2c(c1)[C@@H]1NCC[C@@H]1[C@@H](CI)N2S(=O)(=O)c1ccc(C)cc1. The average Bonchev–Trinajstić information content (AvgIpc) is 3.22. The third kappa shape index (κ3) is 3.44. The van der Waals surface area contributed by atoms with Crippen LogP contribution >= 0.6 is 22.6 Å². The van der Waals surface area contributed by atoms with Crippen LogP contribution in [0.15, 0.2) is 47.4 Å². The van der Waals surface area contributed by atoms with Crippen molar-refractivity contribution in [2.24, 2.45) is 5.92 Å². The largest absolute Gasteiger partial charge is 0.465 e. The first-order chi connectivity index (χ1) is 13.9. The number of halogens is 1. The minimum Gasteiger partial charge on any atom is -0.465 e. The number of sulfonamides is 1. The van der Waals surface area contributed by atoms with Crippen molar-refractivity contribution < 1.29 is 17.9 Å². The number of hydrogen-bond donors (Lipinski definition) is 1. The Labute approximate surface area is 184 Å². The highest BCUT2D eigenvalue weighted by Gasteiger charge is 2.47. The highest BCUT2D eigenvalue weighted by Crippen LogP contribution is 2.47. The number of aryl methyl sites for hydroxylation is 1. The molecule has 0 amide bonds. The van der Waals surface area contributed by atoms with E-state index in [1.807, 2.05) is 19.1 Å². The summed E-state index contributed by atoms with van der Waals surface area (Å²) in [4.78, 5) is 12.4. The van der Waals surface area contributed by atoms with Crippen LogP contribution < -0.4 is 9.62 Å². The Bertz CT molecular complexity index is 1040. The van der Waals surface area contributed by atoms with Crippen LogP contribution in [0.25, 0.3) is 0 Å². The predicted molar refractivity (Wildman–Crippen MR) is 120 cm³/mol. The molecule has 2 aliphatic rings. The summed E-state index contributed by atoms with van der Waals surface area (Å²) in [5.74, 6) is -0.279. The molecule has 0 radical (unpaired) electrons. The van der Waals surface area contributed by atoms with Crippen LogP contribution in [0.4, 0.5) is 5.69 Å². The molecule has 154 valence electrons. The van der Waals surface area contributed by atoms with Crippen LogP contribution in [0, 0.1) is 12.8 Å². The number of carbonyl (C=O) groups is 1. The Morgan fingerprint density at radius 2 is 1.97 bits per heavy atom. The number of methoxy groups -OCH3 is 1. The molecule has 6 nitrogen and oxygen atoms in total. The Morgan fingerprint density at radius 3 is 2.62 bits per heavy atom. The molecular formula is C21H23IN2O4S. The Kier molecular flexibility index (Phi) is 5.60. The number of nitrogens with one attached hydrogen (secondary N) is 1. The molecule has 29 heavy (non-hydrogen) atoms. The highest BCUT2D eigenvalue weighted by atomic mass is 127. The van der Waals surface area contributed by atoms with E-state index in [4.69, 9.17) is 4.74 Å². The maximum atomic E-state index is 13.7. The molecule has 2 aromatic rings. The third-order valence-electron chi connectivity index (χ3n) is 5.82. The predicted octanol–water partition coefficient (Wildman–Crippen LogP) is 3.44. The van der Waals surface area contributed by atoms with E-state index in [1.54, 1.807) is 34.6 Å². The maximum absolute atomic E-state index is 13.7. The molecule has 8 heteroatoms. The lowest BCUT2D eigenvalue weighted by molar-refractivity contribution is 0.0600. The maximum Gasteiger partial charge on any atom is 0.337 e. The number of nitrogens with zero attached hydrogens (tertiary/aromatic N) is 1. The van der Waals surface area contributed by atoms with E-state index in [0.717, 1.165) is 24.1 Å². The van der Waals surface area contributed by atoms with Gasteiger partial charge in [0.15, 0.2) is 0 Å². The summed E-state index contributed by atoms with van der Waals surface area (Å²) in [6.07, 6.45) is 0.889. The third-order valence-corrected chi connectivity index (χ3v) is 8.58. The van der Waals surface area contributed by atoms with Crippen molar-refractivity contribution in [2.45, 2.75) is 30.3 Å². The summed E-state index contributed by atoms with van der Waals surface area (Å²) in [6, 6.07) is 12.0. The molecule has 0 saturated carbocycles. The molecule has 0 aromatic heterocycles. The van der Waals surface area contributed by atoms with Crippen molar-refractivity contribution in [1.82, 2.24) is 5.32 Å². The number of fused-ring (bicyclic) bond motifs is 3. The van der Waals surface area contributed by atoms with Gasteiger partial charge in [-0.25, -0.2) is 13.2 Å². The van der Waals surface area contributed by atoms with Gasteiger partial charge in [-0.3, -0.25) is 4.31 Å². The normalized spacial score (nSPS) is 23.4. The zero-order chi connectivity index (χ0) is 20.8. The molecular weight excluding hydrogens is 503 g/mol. The van der Waals surface area contributed by atoms with Gasteiger partial charge in [-0.1, -0.05) is 40.3 Å². The highest BCUT2D eigenvalue weighted by molar-refractivity contribution is 14.1. The summed E-state index contributed by atoms with van der Waals surface area (Å²) in [5, 5.41) is 3.51. The van der Waals surface area contributed by atoms with E-state index in [9.17, 15) is 13.2 Å². The summed E-state index contributed by atoms with van der Waals surface area (Å²) in [6.45, 7) is 2.76. The lowest BCUT2D eigenvalue weighted by Gasteiger charge is -2.43. The second-order valence-electron chi connectivity index (χ2n) is 7.49. The van der Waals surface area contributed by atoms with Gasteiger partial charge >= 0.3 is 5.97 Å². The fourth-order valence-electron chi connectivity index (χ4n) is 4.39. The van der Waals surface area contributed by atoms with Crippen molar-refractivity contribution in [3.63, 3.8) is 0 Å². The first-order valence-corrected chi connectivity index (χ1v) is 12.5. The van der Waals surface area contributed by atoms with Crippen LogP contribution in [0.1, 0.15) is 33.9 Å². The van der Waals surface area contributed by atoms with Gasteiger partial charge in [-0.15, -0.1) is 0 Å². The molecule has 2 aromatic carbocycles. The summed E-state index contributed by atoms with van der Waals surface area (Å²) in [5.41, 5.74) is 2.92.